The van der Waals surface area contributed by atoms with Gasteiger partial charge in [0.25, 0.3) is 0 Å². The summed E-state index contributed by atoms with van der Waals surface area (Å²) in [7, 11) is 0. The first-order chi connectivity index (χ1) is 8.80. The van der Waals surface area contributed by atoms with Crippen molar-refractivity contribution in [2.45, 2.75) is 93.9 Å². The van der Waals surface area contributed by atoms with Crippen molar-refractivity contribution < 1.29 is 0 Å². The van der Waals surface area contributed by atoms with Crippen molar-refractivity contribution in [3.63, 3.8) is 0 Å². The second-order valence-corrected chi connectivity index (χ2v) is 7.57. The van der Waals surface area contributed by atoms with Gasteiger partial charge in [0.15, 0.2) is 0 Å². The zero-order valence-electron chi connectivity index (χ0n) is 15.1. The van der Waals surface area contributed by atoms with Crippen LogP contribution in [0.5, 0.6) is 0 Å². The molecular formula is C19H40. The number of hydrogen-bond acceptors (Lipinski definition) is 0. The molecule has 0 radical (unpaired) electrons. The summed E-state index contributed by atoms with van der Waals surface area (Å²) in [5.74, 6) is 3.33. The molecule has 0 rings (SSSR count). The number of hydrogen-bond donors (Lipinski definition) is 0. The van der Waals surface area contributed by atoms with E-state index in [2.05, 4.69) is 55.4 Å². The Labute approximate surface area is 123 Å². The van der Waals surface area contributed by atoms with Gasteiger partial charge in [0.2, 0.25) is 0 Å². The molecule has 0 heteroatoms. The van der Waals surface area contributed by atoms with Crippen LogP contribution in [0.2, 0.25) is 0 Å². The lowest BCUT2D eigenvalue weighted by atomic mass is 9.59. The van der Waals surface area contributed by atoms with Crippen LogP contribution in [0, 0.1) is 29.1 Å². The second-order valence-electron chi connectivity index (χ2n) is 7.57. The first-order valence-corrected chi connectivity index (χ1v) is 8.80. The third kappa shape index (κ3) is 5.48. The Morgan fingerprint density at radius 1 is 0.842 bits per heavy atom. The molecule has 0 nitrogen and oxygen atoms in total. The normalized spacial score (nSPS) is 20.1. The van der Waals surface area contributed by atoms with Crippen molar-refractivity contribution in [1.82, 2.24) is 0 Å². The van der Waals surface area contributed by atoms with Crippen LogP contribution in [0.3, 0.4) is 0 Å². The van der Waals surface area contributed by atoms with E-state index in [0.29, 0.717) is 5.41 Å². The predicted octanol–water partition coefficient (Wildman–Crippen LogP) is 6.94. The van der Waals surface area contributed by atoms with Crippen molar-refractivity contribution in [3.05, 3.63) is 0 Å². The monoisotopic (exact) mass is 268 g/mol. The molecule has 0 aromatic heterocycles. The SMILES string of the molecule is CCCCCC(C)C(C)(C(C)C)C(C)CC(C)CC. The highest BCUT2D eigenvalue weighted by Crippen LogP contribution is 2.47. The van der Waals surface area contributed by atoms with E-state index >= 15 is 0 Å². The fourth-order valence-electron chi connectivity index (χ4n) is 3.66. The Kier molecular flexibility index (Phi) is 9.03. The standard InChI is InChI=1S/C19H40/c1-9-11-12-13-17(6)19(8,15(3)4)18(7)14-16(5)10-2/h15-18H,9-14H2,1-8H3. The molecule has 4 atom stereocenters. The van der Waals surface area contributed by atoms with E-state index in [1.165, 1.54) is 38.5 Å². The molecule has 116 valence electrons. The molecule has 0 aromatic carbocycles. The van der Waals surface area contributed by atoms with Crippen LogP contribution >= 0.6 is 0 Å². The summed E-state index contributed by atoms with van der Waals surface area (Å²) in [5.41, 5.74) is 0.497. The molecule has 0 saturated carbocycles. The van der Waals surface area contributed by atoms with E-state index in [-0.39, 0.29) is 0 Å². The molecule has 0 N–H and O–H groups in total. The molecule has 0 spiro atoms. The first kappa shape index (κ1) is 19.0. The lowest BCUT2D eigenvalue weighted by molar-refractivity contribution is 0.0343. The van der Waals surface area contributed by atoms with Crippen molar-refractivity contribution in [1.29, 1.82) is 0 Å². The van der Waals surface area contributed by atoms with E-state index in [1.54, 1.807) is 0 Å². The maximum Gasteiger partial charge on any atom is -0.0251 e. The molecule has 0 fully saturated rings. The molecular weight excluding hydrogens is 228 g/mol. The predicted molar refractivity (Wildman–Crippen MR) is 89.5 cm³/mol. The van der Waals surface area contributed by atoms with Gasteiger partial charge >= 0.3 is 0 Å². The van der Waals surface area contributed by atoms with Gasteiger partial charge in [-0.05, 0) is 35.5 Å². The quantitative estimate of drug-likeness (QED) is 0.376. The average Bonchev–Trinajstić information content (AvgIpc) is 2.37. The highest BCUT2D eigenvalue weighted by Gasteiger charge is 2.39. The number of rotatable bonds is 10. The van der Waals surface area contributed by atoms with Crippen LogP contribution in [0.1, 0.15) is 93.9 Å². The summed E-state index contributed by atoms with van der Waals surface area (Å²) in [6.45, 7) is 19.5. The van der Waals surface area contributed by atoms with Crippen molar-refractivity contribution in [2.75, 3.05) is 0 Å². The van der Waals surface area contributed by atoms with Crippen LogP contribution in [0.25, 0.3) is 0 Å². The Bertz CT molecular complexity index is 218. The van der Waals surface area contributed by atoms with Crippen molar-refractivity contribution in [3.8, 4) is 0 Å². The minimum absolute atomic E-state index is 0.497. The lowest BCUT2D eigenvalue weighted by Gasteiger charge is -2.46. The lowest BCUT2D eigenvalue weighted by Crippen LogP contribution is -2.38. The van der Waals surface area contributed by atoms with E-state index in [4.69, 9.17) is 0 Å². The molecule has 0 amide bonds. The molecule has 0 aromatic rings. The molecule has 0 aliphatic heterocycles. The molecule has 4 unspecified atom stereocenters. The second kappa shape index (κ2) is 9.03. The van der Waals surface area contributed by atoms with Gasteiger partial charge in [0.05, 0.1) is 0 Å². The maximum absolute atomic E-state index is 2.56. The Hall–Kier alpha value is 0. The Morgan fingerprint density at radius 3 is 1.84 bits per heavy atom. The van der Waals surface area contributed by atoms with Gasteiger partial charge in [-0.1, -0.05) is 87.5 Å². The van der Waals surface area contributed by atoms with E-state index in [9.17, 15) is 0 Å². The summed E-state index contributed by atoms with van der Waals surface area (Å²) in [6.07, 6.45) is 8.28. The molecule has 0 aliphatic rings. The van der Waals surface area contributed by atoms with Gasteiger partial charge in [-0.15, -0.1) is 0 Å². The Balaban J connectivity index is 4.72. The largest absolute Gasteiger partial charge is 0.0654 e. The zero-order valence-corrected chi connectivity index (χ0v) is 15.1. The van der Waals surface area contributed by atoms with Gasteiger partial charge in [-0.2, -0.15) is 0 Å². The van der Waals surface area contributed by atoms with Crippen LogP contribution in [0.15, 0.2) is 0 Å². The summed E-state index contributed by atoms with van der Waals surface area (Å²) in [4.78, 5) is 0. The fraction of sp³-hybridized carbons (Fsp3) is 1.00. The third-order valence-electron chi connectivity index (χ3n) is 6.06. The summed E-state index contributed by atoms with van der Waals surface area (Å²) >= 11 is 0. The van der Waals surface area contributed by atoms with Gasteiger partial charge in [-0.3, -0.25) is 0 Å². The maximum atomic E-state index is 2.56. The topological polar surface area (TPSA) is 0 Å². The summed E-state index contributed by atoms with van der Waals surface area (Å²) in [6, 6.07) is 0. The highest BCUT2D eigenvalue weighted by molar-refractivity contribution is 4.88. The zero-order chi connectivity index (χ0) is 15.1. The first-order valence-electron chi connectivity index (χ1n) is 8.80. The smallest absolute Gasteiger partial charge is 0.0251 e. The number of unbranched alkanes of at least 4 members (excludes halogenated alkanes) is 2. The van der Waals surface area contributed by atoms with Gasteiger partial charge < -0.3 is 0 Å². The molecule has 0 heterocycles. The minimum atomic E-state index is 0.497. The fourth-order valence-corrected chi connectivity index (χ4v) is 3.66. The minimum Gasteiger partial charge on any atom is -0.0654 e. The van der Waals surface area contributed by atoms with Crippen molar-refractivity contribution in [2.24, 2.45) is 29.1 Å². The van der Waals surface area contributed by atoms with Crippen LogP contribution < -0.4 is 0 Å². The summed E-state index contributed by atoms with van der Waals surface area (Å²) < 4.78 is 0. The molecule has 0 saturated heterocycles. The van der Waals surface area contributed by atoms with Crippen molar-refractivity contribution >= 4 is 0 Å². The van der Waals surface area contributed by atoms with Crippen LogP contribution in [-0.2, 0) is 0 Å². The summed E-state index contributed by atoms with van der Waals surface area (Å²) in [5, 5.41) is 0. The molecule has 0 bridgehead atoms. The molecule has 19 heavy (non-hydrogen) atoms. The molecule has 0 aliphatic carbocycles. The van der Waals surface area contributed by atoms with Gasteiger partial charge in [-0.25, -0.2) is 0 Å². The Morgan fingerprint density at radius 2 is 1.42 bits per heavy atom. The van der Waals surface area contributed by atoms with Crippen LogP contribution in [0.4, 0.5) is 0 Å². The van der Waals surface area contributed by atoms with Gasteiger partial charge in [0.1, 0.15) is 0 Å². The average molecular weight is 269 g/mol. The van der Waals surface area contributed by atoms with E-state index in [1.807, 2.05) is 0 Å². The van der Waals surface area contributed by atoms with Crippen LogP contribution in [-0.4, -0.2) is 0 Å². The third-order valence-corrected chi connectivity index (χ3v) is 6.06. The van der Waals surface area contributed by atoms with Gasteiger partial charge in [0, 0.05) is 0 Å². The van der Waals surface area contributed by atoms with E-state index in [0.717, 1.165) is 23.7 Å². The van der Waals surface area contributed by atoms with E-state index < -0.39 is 0 Å². The highest BCUT2D eigenvalue weighted by atomic mass is 14.4.